The summed E-state index contributed by atoms with van der Waals surface area (Å²) in [6.07, 6.45) is 5.29. The number of hydrogen-bond acceptors (Lipinski definition) is 6. The molecule has 0 aromatic carbocycles. The minimum Gasteiger partial charge on any atom is -0.464 e. The van der Waals surface area contributed by atoms with Crippen LogP contribution in [0.4, 0.5) is 0 Å². The molecular formula is C18H36O5S. The summed E-state index contributed by atoms with van der Waals surface area (Å²) in [5.74, 6) is -0.421. The van der Waals surface area contributed by atoms with Gasteiger partial charge < -0.3 is 19.7 Å². The average molecular weight is 365 g/mol. The second-order valence-electron chi connectivity index (χ2n) is 6.38. The van der Waals surface area contributed by atoms with Crippen molar-refractivity contribution in [1.82, 2.24) is 0 Å². The van der Waals surface area contributed by atoms with E-state index in [9.17, 15) is 9.90 Å². The van der Waals surface area contributed by atoms with E-state index in [-0.39, 0.29) is 6.61 Å². The number of aliphatic hydroxyl groups excluding tert-OH is 2. The third-order valence-electron chi connectivity index (χ3n) is 4.04. The van der Waals surface area contributed by atoms with Gasteiger partial charge in [0.15, 0.2) is 6.10 Å². The van der Waals surface area contributed by atoms with Crippen molar-refractivity contribution in [1.29, 1.82) is 0 Å². The molecule has 2 atom stereocenters. The molecule has 144 valence electrons. The van der Waals surface area contributed by atoms with Gasteiger partial charge >= 0.3 is 5.97 Å². The van der Waals surface area contributed by atoms with E-state index in [1.54, 1.807) is 0 Å². The lowest BCUT2D eigenvalue weighted by atomic mass is 9.89. The number of carbonyl (C=O) groups is 1. The Bertz CT molecular complexity index is 317. The van der Waals surface area contributed by atoms with Gasteiger partial charge in [-0.3, -0.25) is 0 Å². The summed E-state index contributed by atoms with van der Waals surface area (Å²) in [7, 11) is 0. The van der Waals surface area contributed by atoms with Gasteiger partial charge in [0.25, 0.3) is 0 Å². The molecule has 0 aliphatic heterocycles. The van der Waals surface area contributed by atoms with Gasteiger partial charge in [-0.2, -0.15) is 12.6 Å². The Morgan fingerprint density at radius 3 is 2.08 bits per heavy atom. The van der Waals surface area contributed by atoms with E-state index in [2.05, 4.69) is 13.8 Å². The van der Waals surface area contributed by atoms with Crippen LogP contribution in [0, 0.1) is 0 Å². The summed E-state index contributed by atoms with van der Waals surface area (Å²) in [5, 5.41) is 18.5. The van der Waals surface area contributed by atoms with Crippen molar-refractivity contribution in [2.45, 2.75) is 89.1 Å². The second-order valence-corrected chi connectivity index (χ2v) is 7.27. The molecule has 6 heteroatoms. The molecule has 0 heterocycles. The van der Waals surface area contributed by atoms with E-state index < -0.39 is 29.5 Å². The maximum atomic E-state index is 12.6. The quantitative estimate of drug-likeness (QED) is 0.236. The first-order valence-corrected chi connectivity index (χ1v) is 9.69. The lowest BCUT2D eigenvalue weighted by Gasteiger charge is -2.35. The van der Waals surface area contributed by atoms with Crippen LogP contribution >= 0.6 is 12.6 Å². The summed E-state index contributed by atoms with van der Waals surface area (Å²) >= 11 is 4.83. The van der Waals surface area contributed by atoms with E-state index in [1.165, 1.54) is 0 Å². The third kappa shape index (κ3) is 9.25. The standard InChI is InChI=1S/C18H36O5S/c1-4-7-10-18(24,11-8-5-2)16(23-14-15(20)13-19)17(21)22-12-9-6-3/h15-16,19-20,24H,4-14H2,1-3H3. The highest BCUT2D eigenvalue weighted by molar-refractivity contribution is 7.82. The van der Waals surface area contributed by atoms with Crippen molar-refractivity contribution in [2.75, 3.05) is 19.8 Å². The Morgan fingerprint density at radius 1 is 1.08 bits per heavy atom. The number of carbonyl (C=O) groups excluding carboxylic acids is 1. The lowest BCUT2D eigenvalue weighted by Crippen LogP contribution is -2.47. The van der Waals surface area contributed by atoms with E-state index in [0.717, 1.165) is 51.4 Å². The lowest BCUT2D eigenvalue weighted by molar-refractivity contribution is -0.162. The van der Waals surface area contributed by atoms with Gasteiger partial charge in [0, 0.05) is 4.75 Å². The SMILES string of the molecule is CCCCOC(=O)C(OCC(O)CO)C(S)(CCCC)CCCC. The van der Waals surface area contributed by atoms with Crippen molar-refractivity contribution in [3.05, 3.63) is 0 Å². The maximum Gasteiger partial charge on any atom is 0.336 e. The van der Waals surface area contributed by atoms with Gasteiger partial charge in [-0.15, -0.1) is 0 Å². The van der Waals surface area contributed by atoms with Crippen molar-refractivity contribution in [3.63, 3.8) is 0 Å². The Hall–Kier alpha value is -0.300. The molecule has 0 radical (unpaired) electrons. The molecule has 5 nitrogen and oxygen atoms in total. The predicted molar refractivity (Wildman–Crippen MR) is 99.5 cm³/mol. The maximum absolute atomic E-state index is 12.6. The van der Waals surface area contributed by atoms with E-state index in [4.69, 9.17) is 27.2 Å². The second kappa shape index (κ2) is 13.9. The minimum atomic E-state index is -1.01. The normalized spacial score (nSPS) is 14.4. The number of aliphatic hydroxyl groups is 2. The van der Waals surface area contributed by atoms with Gasteiger partial charge in [0.1, 0.15) is 6.10 Å². The topological polar surface area (TPSA) is 76.0 Å². The van der Waals surface area contributed by atoms with E-state index in [1.807, 2.05) is 6.92 Å². The Morgan fingerprint density at radius 2 is 1.62 bits per heavy atom. The fourth-order valence-electron chi connectivity index (χ4n) is 2.45. The van der Waals surface area contributed by atoms with Gasteiger partial charge in [-0.05, 0) is 19.3 Å². The molecule has 2 unspecified atom stereocenters. The number of rotatable bonds is 15. The van der Waals surface area contributed by atoms with Crippen LogP contribution < -0.4 is 0 Å². The molecule has 0 aliphatic carbocycles. The van der Waals surface area contributed by atoms with Crippen molar-refractivity contribution < 1.29 is 24.5 Å². The highest BCUT2D eigenvalue weighted by Gasteiger charge is 2.41. The summed E-state index contributed by atoms with van der Waals surface area (Å²) in [5.41, 5.74) is 0. The third-order valence-corrected chi connectivity index (χ3v) is 4.72. The van der Waals surface area contributed by atoms with Gasteiger partial charge in [0.2, 0.25) is 0 Å². The summed E-state index contributed by atoms with van der Waals surface area (Å²) < 4.78 is 10.4. The minimum absolute atomic E-state index is 0.107. The Kier molecular flexibility index (Phi) is 13.8. The summed E-state index contributed by atoms with van der Waals surface area (Å²) in [6, 6.07) is 0. The molecule has 0 aromatic heterocycles. The molecule has 0 aliphatic rings. The molecule has 0 aromatic rings. The zero-order valence-electron chi connectivity index (χ0n) is 15.5. The number of esters is 1. The molecule has 0 amide bonds. The van der Waals surface area contributed by atoms with Crippen molar-refractivity contribution in [2.24, 2.45) is 0 Å². The highest BCUT2D eigenvalue weighted by atomic mass is 32.1. The van der Waals surface area contributed by atoms with Crippen LogP contribution in [-0.4, -0.2) is 53.0 Å². The summed E-state index contributed by atoms with van der Waals surface area (Å²) in [6.45, 7) is 6.08. The predicted octanol–water partition coefficient (Wildman–Crippen LogP) is 3.12. The zero-order valence-corrected chi connectivity index (χ0v) is 16.4. The number of hydrogen-bond donors (Lipinski definition) is 3. The molecule has 0 saturated carbocycles. The first kappa shape index (κ1) is 23.7. The van der Waals surface area contributed by atoms with Crippen LogP contribution in [0.25, 0.3) is 0 Å². The van der Waals surface area contributed by atoms with Crippen LogP contribution in [-0.2, 0) is 14.3 Å². The smallest absolute Gasteiger partial charge is 0.336 e. The number of thiol groups is 1. The molecular weight excluding hydrogens is 328 g/mol. The van der Waals surface area contributed by atoms with Gasteiger partial charge in [-0.1, -0.05) is 52.9 Å². The van der Waals surface area contributed by atoms with Crippen LogP contribution in [0.15, 0.2) is 0 Å². The van der Waals surface area contributed by atoms with Crippen LogP contribution in [0.1, 0.15) is 72.1 Å². The molecule has 0 bridgehead atoms. The first-order valence-electron chi connectivity index (χ1n) is 9.24. The Balaban J connectivity index is 5.11. The Labute approximate surface area is 152 Å². The average Bonchev–Trinajstić information content (AvgIpc) is 2.58. The fraction of sp³-hybridized carbons (Fsp3) is 0.944. The van der Waals surface area contributed by atoms with E-state index >= 15 is 0 Å². The molecule has 0 rings (SSSR count). The summed E-state index contributed by atoms with van der Waals surface area (Å²) in [4.78, 5) is 12.6. The van der Waals surface area contributed by atoms with E-state index in [0.29, 0.717) is 6.61 Å². The number of ether oxygens (including phenoxy) is 2. The van der Waals surface area contributed by atoms with Crippen molar-refractivity contribution in [3.8, 4) is 0 Å². The molecule has 2 N–H and O–H groups in total. The van der Waals surface area contributed by atoms with Crippen LogP contribution in [0.3, 0.4) is 0 Å². The van der Waals surface area contributed by atoms with Crippen LogP contribution in [0.2, 0.25) is 0 Å². The van der Waals surface area contributed by atoms with Crippen LogP contribution in [0.5, 0.6) is 0 Å². The first-order chi connectivity index (χ1) is 11.4. The molecule has 0 saturated heterocycles. The molecule has 0 spiro atoms. The van der Waals surface area contributed by atoms with Gasteiger partial charge in [-0.25, -0.2) is 4.79 Å². The number of unbranched alkanes of at least 4 members (excludes halogenated alkanes) is 3. The highest BCUT2D eigenvalue weighted by Crippen LogP contribution is 2.35. The zero-order chi connectivity index (χ0) is 18.4. The monoisotopic (exact) mass is 364 g/mol. The molecule has 0 fully saturated rings. The molecule has 24 heavy (non-hydrogen) atoms. The fourth-order valence-corrected chi connectivity index (χ4v) is 2.94. The van der Waals surface area contributed by atoms with Crippen molar-refractivity contribution >= 4 is 18.6 Å². The largest absolute Gasteiger partial charge is 0.464 e. The van der Waals surface area contributed by atoms with Gasteiger partial charge in [0.05, 0.1) is 19.8 Å².